The third kappa shape index (κ3) is 12.3. The van der Waals surface area contributed by atoms with E-state index in [9.17, 15) is 9.59 Å². The molecule has 1 fully saturated rings. The Bertz CT molecular complexity index is 370. The fourth-order valence-electron chi connectivity index (χ4n) is 2.61. The SMILES string of the molecule is CC(N)=O.CCCCCCCC(=O)NCC1(NC(C)(C)C)COC1. The molecule has 1 heterocycles. The molecule has 0 saturated carbocycles. The van der Waals surface area contributed by atoms with E-state index in [0.717, 1.165) is 12.8 Å². The highest BCUT2D eigenvalue weighted by molar-refractivity contribution is 5.75. The van der Waals surface area contributed by atoms with E-state index in [0.29, 0.717) is 26.2 Å². The molecule has 24 heavy (non-hydrogen) atoms. The van der Waals surface area contributed by atoms with Gasteiger partial charge in [-0.05, 0) is 27.2 Å². The number of nitrogens with two attached hydrogens (primary N) is 1. The van der Waals surface area contributed by atoms with Crippen LogP contribution in [0.25, 0.3) is 0 Å². The molecule has 0 aromatic rings. The average molecular weight is 344 g/mol. The van der Waals surface area contributed by atoms with Gasteiger partial charge in [-0.2, -0.15) is 0 Å². The number of nitrogens with one attached hydrogen (secondary N) is 2. The molecule has 1 rings (SSSR count). The fourth-order valence-corrected chi connectivity index (χ4v) is 2.61. The first kappa shape index (κ1) is 22.9. The number of hydrogen-bond donors (Lipinski definition) is 3. The smallest absolute Gasteiger partial charge is 0.220 e. The summed E-state index contributed by atoms with van der Waals surface area (Å²) in [7, 11) is 0. The average Bonchev–Trinajstić information content (AvgIpc) is 2.39. The van der Waals surface area contributed by atoms with E-state index in [1.807, 2.05) is 0 Å². The van der Waals surface area contributed by atoms with Crippen molar-refractivity contribution in [2.24, 2.45) is 5.73 Å². The van der Waals surface area contributed by atoms with E-state index in [4.69, 9.17) is 4.74 Å². The van der Waals surface area contributed by atoms with Crippen molar-refractivity contribution in [3.05, 3.63) is 0 Å². The molecule has 0 aromatic carbocycles. The topological polar surface area (TPSA) is 93.5 Å². The lowest BCUT2D eigenvalue weighted by atomic mass is 9.92. The normalized spacial score (nSPS) is 15.7. The summed E-state index contributed by atoms with van der Waals surface area (Å²) in [6.07, 6.45) is 6.58. The molecule has 0 spiro atoms. The van der Waals surface area contributed by atoms with Crippen molar-refractivity contribution in [1.29, 1.82) is 0 Å². The maximum Gasteiger partial charge on any atom is 0.220 e. The van der Waals surface area contributed by atoms with E-state index < -0.39 is 0 Å². The van der Waals surface area contributed by atoms with Crippen LogP contribution in [0.15, 0.2) is 0 Å². The highest BCUT2D eigenvalue weighted by atomic mass is 16.5. The summed E-state index contributed by atoms with van der Waals surface area (Å²) in [5.74, 6) is -0.163. The van der Waals surface area contributed by atoms with Crippen LogP contribution in [0.3, 0.4) is 0 Å². The molecule has 0 bridgehead atoms. The van der Waals surface area contributed by atoms with Crippen molar-refractivity contribution < 1.29 is 14.3 Å². The van der Waals surface area contributed by atoms with Gasteiger partial charge < -0.3 is 21.1 Å². The first-order valence-corrected chi connectivity index (χ1v) is 9.00. The summed E-state index contributed by atoms with van der Waals surface area (Å²) in [6, 6.07) is 0. The summed E-state index contributed by atoms with van der Waals surface area (Å²) < 4.78 is 5.33. The number of rotatable bonds is 9. The molecule has 0 aromatic heterocycles. The molecule has 1 aliphatic rings. The molecule has 0 unspecified atom stereocenters. The molecule has 4 N–H and O–H groups in total. The minimum atomic E-state index is -0.333. The summed E-state index contributed by atoms with van der Waals surface area (Å²) in [6.45, 7) is 12.0. The van der Waals surface area contributed by atoms with Gasteiger partial charge >= 0.3 is 0 Å². The van der Waals surface area contributed by atoms with Gasteiger partial charge in [-0.25, -0.2) is 0 Å². The Morgan fingerprint density at radius 1 is 1.12 bits per heavy atom. The van der Waals surface area contributed by atoms with E-state index in [2.05, 4.69) is 44.1 Å². The molecule has 2 amide bonds. The van der Waals surface area contributed by atoms with Crippen molar-refractivity contribution >= 4 is 11.8 Å². The van der Waals surface area contributed by atoms with Gasteiger partial charge in [0.2, 0.25) is 11.8 Å². The zero-order valence-corrected chi connectivity index (χ0v) is 16.2. The molecule has 0 radical (unpaired) electrons. The number of ether oxygens (including phenoxy) is 1. The van der Waals surface area contributed by atoms with Crippen molar-refractivity contribution in [3.8, 4) is 0 Å². The molecular formula is C18H37N3O3. The lowest BCUT2D eigenvalue weighted by Crippen LogP contribution is -2.69. The van der Waals surface area contributed by atoms with Crippen LogP contribution in [-0.2, 0) is 14.3 Å². The third-order valence-corrected chi connectivity index (χ3v) is 3.53. The van der Waals surface area contributed by atoms with Gasteiger partial charge in [0, 0.05) is 25.4 Å². The predicted octanol–water partition coefficient (Wildman–Crippen LogP) is 2.11. The Labute approximate surface area is 147 Å². The number of hydrogen-bond acceptors (Lipinski definition) is 4. The molecule has 0 atom stereocenters. The van der Waals surface area contributed by atoms with Gasteiger partial charge in [0.05, 0.1) is 18.8 Å². The van der Waals surface area contributed by atoms with Gasteiger partial charge in [0.15, 0.2) is 0 Å². The van der Waals surface area contributed by atoms with Crippen LogP contribution in [0, 0.1) is 0 Å². The zero-order valence-electron chi connectivity index (χ0n) is 16.2. The van der Waals surface area contributed by atoms with Gasteiger partial charge in [0.25, 0.3) is 0 Å². The summed E-state index contributed by atoms with van der Waals surface area (Å²) in [4.78, 5) is 21.1. The van der Waals surface area contributed by atoms with Crippen molar-refractivity contribution in [2.45, 2.75) is 84.2 Å². The zero-order chi connectivity index (χ0) is 18.6. The van der Waals surface area contributed by atoms with Crippen LogP contribution >= 0.6 is 0 Å². The number of amides is 2. The predicted molar refractivity (Wildman–Crippen MR) is 97.7 cm³/mol. The summed E-state index contributed by atoms with van der Waals surface area (Å²) in [5.41, 5.74) is 4.44. The van der Waals surface area contributed by atoms with E-state index in [1.165, 1.54) is 26.2 Å². The second kappa shape index (κ2) is 11.4. The van der Waals surface area contributed by atoms with Gasteiger partial charge in [-0.3, -0.25) is 9.59 Å². The molecule has 0 aliphatic carbocycles. The monoisotopic (exact) mass is 343 g/mol. The number of carbonyl (C=O) groups excluding carboxylic acids is 2. The van der Waals surface area contributed by atoms with Crippen LogP contribution in [0.5, 0.6) is 0 Å². The molecular weight excluding hydrogens is 306 g/mol. The molecule has 1 saturated heterocycles. The lowest BCUT2D eigenvalue weighted by Gasteiger charge is -2.46. The van der Waals surface area contributed by atoms with Gasteiger partial charge in [-0.15, -0.1) is 0 Å². The Morgan fingerprint density at radius 3 is 2.08 bits per heavy atom. The molecule has 6 heteroatoms. The minimum Gasteiger partial charge on any atom is -0.377 e. The maximum absolute atomic E-state index is 11.8. The lowest BCUT2D eigenvalue weighted by molar-refractivity contribution is -0.124. The second-order valence-corrected chi connectivity index (χ2v) is 7.70. The minimum absolute atomic E-state index is 0.0364. The molecule has 1 aliphatic heterocycles. The molecule has 6 nitrogen and oxygen atoms in total. The standard InChI is InChI=1S/C16H32N2O2.C2H5NO/c1-5-6-7-8-9-10-14(19)17-11-16(12-20-13-16)18-15(2,3)4;1-2(3)4/h18H,5-13H2,1-4H3,(H,17,19);1H3,(H2,3,4). The number of primary amides is 1. The first-order chi connectivity index (χ1) is 11.1. The van der Waals surface area contributed by atoms with Crippen LogP contribution < -0.4 is 16.4 Å². The van der Waals surface area contributed by atoms with Crippen molar-refractivity contribution in [3.63, 3.8) is 0 Å². The van der Waals surface area contributed by atoms with E-state index in [1.54, 1.807) is 0 Å². The quantitative estimate of drug-likeness (QED) is 0.559. The highest BCUT2D eigenvalue weighted by Crippen LogP contribution is 2.20. The van der Waals surface area contributed by atoms with Crippen molar-refractivity contribution in [1.82, 2.24) is 10.6 Å². The van der Waals surface area contributed by atoms with E-state index in [-0.39, 0.29) is 22.9 Å². The Kier molecular flexibility index (Phi) is 10.9. The van der Waals surface area contributed by atoms with Crippen LogP contribution in [0.2, 0.25) is 0 Å². The Morgan fingerprint density at radius 2 is 1.67 bits per heavy atom. The summed E-state index contributed by atoms with van der Waals surface area (Å²) >= 11 is 0. The van der Waals surface area contributed by atoms with Crippen LogP contribution in [0.1, 0.15) is 73.1 Å². The Balaban J connectivity index is 0.00000118. The first-order valence-electron chi connectivity index (χ1n) is 9.00. The van der Waals surface area contributed by atoms with E-state index >= 15 is 0 Å². The summed E-state index contributed by atoms with van der Waals surface area (Å²) in [5, 5.41) is 6.63. The van der Waals surface area contributed by atoms with Gasteiger partial charge in [-0.1, -0.05) is 32.6 Å². The fraction of sp³-hybridized carbons (Fsp3) is 0.889. The maximum atomic E-state index is 11.8. The third-order valence-electron chi connectivity index (χ3n) is 3.53. The van der Waals surface area contributed by atoms with Gasteiger partial charge in [0.1, 0.15) is 0 Å². The number of carbonyl (C=O) groups is 2. The van der Waals surface area contributed by atoms with Crippen LogP contribution in [0.4, 0.5) is 0 Å². The largest absolute Gasteiger partial charge is 0.377 e. The highest BCUT2D eigenvalue weighted by Gasteiger charge is 2.41. The molecule has 142 valence electrons. The number of unbranched alkanes of at least 4 members (excludes halogenated alkanes) is 4. The Hall–Kier alpha value is -1.14. The van der Waals surface area contributed by atoms with Crippen LogP contribution in [-0.4, -0.2) is 42.7 Å². The van der Waals surface area contributed by atoms with Crippen molar-refractivity contribution in [2.75, 3.05) is 19.8 Å². The second-order valence-electron chi connectivity index (χ2n) is 7.70.